The molecule has 0 aliphatic heterocycles. The fourth-order valence-corrected chi connectivity index (χ4v) is 4.88. The van der Waals surface area contributed by atoms with E-state index in [9.17, 15) is 24.3 Å². The first kappa shape index (κ1) is 39.1. The summed E-state index contributed by atoms with van der Waals surface area (Å²) in [6.45, 7) is 14.0. The SMILES string of the molecule is C=CCCN(CC(=O)Nc1c(Cl)cc(CN/C(=N/C(=O)c2c(-c3ccc(OCC=C)cc3)noc2C)NC(=O)O)cc1Cl)C(=O)OC(C)(C)C. The quantitative estimate of drug-likeness (QED) is 0.0826. The maximum atomic E-state index is 13.3. The van der Waals surface area contributed by atoms with Crippen LogP contribution in [-0.4, -0.2) is 70.4 Å². The van der Waals surface area contributed by atoms with Gasteiger partial charge >= 0.3 is 12.2 Å². The number of nitrogens with zero attached hydrogens (tertiary/aromatic N) is 3. The van der Waals surface area contributed by atoms with Crippen LogP contribution >= 0.6 is 23.2 Å². The van der Waals surface area contributed by atoms with E-state index in [-0.39, 0.29) is 52.4 Å². The number of hydrogen-bond donors (Lipinski definition) is 4. The van der Waals surface area contributed by atoms with E-state index in [1.807, 2.05) is 0 Å². The van der Waals surface area contributed by atoms with Gasteiger partial charge in [-0.15, -0.1) is 6.58 Å². The van der Waals surface area contributed by atoms with Crippen molar-refractivity contribution in [3.63, 3.8) is 0 Å². The number of hydrogen-bond acceptors (Lipinski definition) is 8. The molecule has 0 spiro atoms. The number of halogens is 2. The van der Waals surface area contributed by atoms with Gasteiger partial charge in [-0.2, -0.15) is 4.99 Å². The van der Waals surface area contributed by atoms with E-state index in [4.69, 9.17) is 37.2 Å². The second-order valence-corrected chi connectivity index (χ2v) is 12.4. The predicted molar refractivity (Wildman–Crippen MR) is 190 cm³/mol. The van der Waals surface area contributed by atoms with Crippen LogP contribution in [0.4, 0.5) is 15.3 Å². The Morgan fingerprint density at radius 1 is 1.08 bits per heavy atom. The number of benzene rings is 2. The molecular formula is C34H38Cl2N6O8. The normalized spacial score (nSPS) is 11.3. The number of anilines is 1. The molecule has 0 atom stereocenters. The highest BCUT2D eigenvalue weighted by atomic mass is 35.5. The van der Waals surface area contributed by atoms with Crippen LogP contribution in [0.15, 0.2) is 71.2 Å². The van der Waals surface area contributed by atoms with Crippen molar-refractivity contribution in [1.29, 1.82) is 0 Å². The van der Waals surface area contributed by atoms with Crippen molar-refractivity contribution in [3.05, 3.63) is 88.6 Å². The van der Waals surface area contributed by atoms with Gasteiger partial charge < -0.3 is 29.7 Å². The van der Waals surface area contributed by atoms with E-state index >= 15 is 0 Å². The largest absolute Gasteiger partial charge is 0.490 e. The van der Waals surface area contributed by atoms with Gasteiger partial charge in [-0.05, 0) is 76.1 Å². The van der Waals surface area contributed by atoms with Crippen LogP contribution in [0, 0.1) is 6.92 Å². The Balaban J connectivity index is 1.76. The molecule has 3 rings (SSSR count). The number of ether oxygens (including phenoxy) is 2. The van der Waals surface area contributed by atoms with Crippen molar-refractivity contribution in [3.8, 4) is 17.0 Å². The van der Waals surface area contributed by atoms with Crippen LogP contribution in [0.25, 0.3) is 11.3 Å². The zero-order valence-corrected chi connectivity index (χ0v) is 29.5. The number of guanidine groups is 1. The lowest BCUT2D eigenvalue weighted by atomic mass is 10.1. The molecule has 0 aliphatic rings. The molecule has 4 N–H and O–H groups in total. The first-order valence-corrected chi connectivity index (χ1v) is 15.9. The number of rotatable bonds is 13. The Morgan fingerprint density at radius 2 is 1.74 bits per heavy atom. The van der Waals surface area contributed by atoms with Crippen LogP contribution in [0.1, 0.15) is 48.9 Å². The molecule has 3 aromatic rings. The van der Waals surface area contributed by atoms with Gasteiger partial charge in [0, 0.05) is 18.7 Å². The zero-order chi connectivity index (χ0) is 37.0. The fourth-order valence-electron chi connectivity index (χ4n) is 4.25. The van der Waals surface area contributed by atoms with E-state index in [1.54, 1.807) is 57.2 Å². The van der Waals surface area contributed by atoms with Crippen LogP contribution in [0.5, 0.6) is 5.75 Å². The minimum atomic E-state index is -1.48. The average Bonchev–Trinajstić information content (AvgIpc) is 3.43. The van der Waals surface area contributed by atoms with E-state index in [0.29, 0.717) is 29.9 Å². The van der Waals surface area contributed by atoms with Crippen LogP contribution in [0.2, 0.25) is 10.0 Å². The molecule has 1 heterocycles. The molecule has 0 unspecified atom stereocenters. The van der Waals surface area contributed by atoms with E-state index in [0.717, 1.165) is 0 Å². The number of carboxylic acid groups (broad SMARTS) is 1. The van der Waals surface area contributed by atoms with Crippen molar-refractivity contribution in [2.75, 3.05) is 25.0 Å². The predicted octanol–water partition coefficient (Wildman–Crippen LogP) is 6.83. The number of carbonyl (C=O) groups is 4. The summed E-state index contributed by atoms with van der Waals surface area (Å²) in [5, 5.41) is 20.9. The van der Waals surface area contributed by atoms with Gasteiger partial charge in [0.15, 0.2) is 0 Å². The molecule has 0 saturated heterocycles. The van der Waals surface area contributed by atoms with Gasteiger partial charge in [0.1, 0.15) is 41.5 Å². The Morgan fingerprint density at radius 3 is 2.32 bits per heavy atom. The molecule has 0 aliphatic carbocycles. The molecule has 14 nitrogen and oxygen atoms in total. The third-order valence-electron chi connectivity index (χ3n) is 6.43. The standard InChI is InChI=1S/C34H38Cl2N6O8/c1-7-9-14-42(33(47)49-34(4,5)6)19-26(43)38-29-24(35)16-21(17-25(29)36)18-37-31(40-32(45)46)39-30(44)27-20(3)50-41-28(27)22-10-12-23(13-11-22)48-15-8-2/h7-8,10-13,16-17H,1-2,9,14-15,18-19H2,3-6H3,(H,38,43)(H,45,46)(H2,37,39,40,44). The maximum absolute atomic E-state index is 13.3. The van der Waals surface area contributed by atoms with Crippen LogP contribution in [-0.2, 0) is 16.1 Å². The lowest BCUT2D eigenvalue weighted by Crippen LogP contribution is -2.41. The van der Waals surface area contributed by atoms with Crippen molar-refractivity contribution in [1.82, 2.24) is 20.7 Å². The summed E-state index contributed by atoms with van der Waals surface area (Å²) >= 11 is 12.9. The van der Waals surface area contributed by atoms with Gasteiger partial charge in [-0.3, -0.25) is 19.8 Å². The van der Waals surface area contributed by atoms with Gasteiger partial charge in [-0.1, -0.05) is 47.1 Å². The number of aryl methyl sites for hydroxylation is 1. The van der Waals surface area contributed by atoms with Crippen molar-refractivity contribution in [2.24, 2.45) is 4.99 Å². The highest BCUT2D eigenvalue weighted by Crippen LogP contribution is 2.32. The minimum Gasteiger partial charge on any atom is -0.490 e. The van der Waals surface area contributed by atoms with E-state index in [1.165, 1.54) is 24.0 Å². The Bertz CT molecular complexity index is 1740. The number of aliphatic imine (C=N–C) groups is 1. The minimum absolute atomic E-state index is 0.0251. The van der Waals surface area contributed by atoms with Crippen LogP contribution < -0.4 is 20.7 Å². The lowest BCUT2D eigenvalue weighted by Gasteiger charge is -2.27. The lowest BCUT2D eigenvalue weighted by molar-refractivity contribution is -0.117. The summed E-state index contributed by atoms with van der Waals surface area (Å²) < 4.78 is 16.1. The third kappa shape index (κ3) is 11.7. The number of carbonyl (C=O) groups excluding carboxylic acids is 3. The second-order valence-electron chi connectivity index (χ2n) is 11.6. The molecule has 0 fully saturated rings. The van der Waals surface area contributed by atoms with E-state index in [2.05, 4.69) is 39.3 Å². The summed E-state index contributed by atoms with van der Waals surface area (Å²) in [7, 11) is 0. The number of amides is 4. The summed E-state index contributed by atoms with van der Waals surface area (Å²) in [6.07, 6.45) is 1.50. The number of nitrogens with one attached hydrogen (secondary N) is 3. The van der Waals surface area contributed by atoms with Crippen LogP contribution in [0.3, 0.4) is 0 Å². The molecule has 1 aromatic heterocycles. The first-order chi connectivity index (χ1) is 23.6. The van der Waals surface area contributed by atoms with Crippen molar-refractivity contribution in [2.45, 2.75) is 46.3 Å². The molecule has 2 aromatic carbocycles. The maximum Gasteiger partial charge on any atom is 0.411 e. The van der Waals surface area contributed by atoms with Gasteiger partial charge in [0.2, 0.25) is 11.9 Å². The van der Waals surface area contributed by atoms with Crippen molar-refractivity contribution < 1.29 is 38.3 Å². The topological polar surface area (TPSA) is 185 Å². The Kier molecular flexibility index (Phi) is 14.0. The van der Waals surface area contributed by atoms with Crippen molar-refractivity contribution >= 4 is 58.8 Å². The number of aromatic nitrogens is 1. The van der Waals surface area contributed by atoms with E-state index < -0.39 is 35.6 Å². The monoisotopic (exact) mass is 728 g/mol. The molecule has 0 bridgehead atoms. The average molecular weight is 730 g/mol. The molecule has 4 amide bonds. The zero-order valence-electron chi connectivity index (χ0n) is 28.0. The Labute approximate surface area is 299 Å². The molecular weight excluding hydrogens is 691 g/mol. The smallest absolute Gasteiger partial charge is 0.411 e. The van der Waals surface area contributed by atoms with Gasteiger partial charge in [-0.25, -0.2) is 9.59 Å². The summed E-state index contributed by atoms with van der Waals surface area (Å²) in [5.74, 6) is -1.05. The van der Waals surface area contributed by atoms with Gasteiger partial charge in [0.05, 0.1) is 15.7 Å². The third-order valence-corrected chi connectivity index (χ3v) is 7.02. The molecule has 50 heavy (non-hydrogen) atoms. The summed E-state index contributed by atoms with van der Waals surface area (Å²) in [4.78, 5) is 55.6. The highest BCUT2D eigenvalue weighted by molar-refractivity contribution is 6.40. The fraction of sp³-hybridized carbons (Fsp3) is 0.294. The molecule has 16 heteroatoms. The molecule has 0 saturated carbocycles. The Hall–Kier alpha value is -5.34. The molecule has 0 radical (unpaired) electrons. The van der Waals surface area contributed by atoms with Gasteiger partial charge in [0.25, 0.3) is 5.91 Å². The summed E-state index contributed by atoms with van der Waals surface area (Å²) in [5.41, 5.74) is 0.550. The second kappa shape index (κ2) is 17.9. The first-order valence-electron chi connectivity index (χ1n) is 15.2. The summed E-state index contributed by atoms with van der Waals surface area (Å²) in [6, 6.07) is 9.70. The molecule has 266 valence electrons. The highest BCUT2D eigenvalue weighted by Gasteiger charge is 2.25.